The largest absolute Gasteiger partial charge is 0.322 e. The predicted molar refractivity (Wildman–Crippen MR) is 45.9 cm³/mol. The smallest absolute Gasteiger partial charge is 0.241 e. The minimum absolute atomic E-state index is 0.578. The highest BCUT2D eigenvalue weighted by molar-refractivity contribution is 5.33. The van der Waals surface area contributed by atoms with Crippen LogP contribution in [0.25, 0.3) is 0 Å². The van der Waals surface area contributed by atoms with Gasteiger partial charge in [0.1, 0.15) is 5.83 Å². The van der Waals surface area contributed by atoms with Gasteiger partial charge in [-0.3, -0.25) is 0 Å². The van der Waals surface area contributed by atoms with Crippen molar-refractivity contribution in [2.24, 2.45) is 0 Å². The first kappa shape index (κ1) is 14.1. The van der Waals surface area contributed by atoms with Gasteiger partial charge in [-0.25, -0.2) is 22.0 Å². The van der Waals surface area contributed by atoms with Gasteiger partial charge in [0, 0.05) is 12.2 Å². The van der Waals surface area contributed by atoms with E-state index in [4.69, 9.17) is 0 Å². The fourth-order valence-corrected chi connectivity index (χ4v) is 1.34. The molecule has 1 aliphatic rings. The molecule has 0 aromatic rings. The molecule has 1 rings (SSSR count). The summed E-state index contributed by atoms with van der Waals surface area (Å²) in [7, 11) is 0. The number of hydrogen-bond acceptors (Lipinski definition) is 0. The summed E-state index contributed by atoms with van der Waals surface area (Å²) >= 11 is 0. The maximum Gasteiger partial charge on any atom is 0.322 e. The summed E-state index contributed by atoms with van der Waals surface area (Å²) in [6, 6.07) is 0. The van der Waals surface area contributed by atoms with Crippen LogP contribution in [-0.2, 0) is 0 Å². The van der Waals surface area contributed by atoms with Crippen LogP contribution in [0.3, 0.4) is 0 Å². The number of rotatable bonds is 3. The summed E-state index contributed by atoms with van der Waals surface area (Å²) in [5.41, 5.74) is -4.34. The molecule has 0 heterocycles. The van der Waals surface area contributed by atoms with E-state index in [9.17, 15) is 30.7 Å². The molecule has 0 saturated heterocycles. The summed E-state index contributed by atoms with van der Waals surface area (Å²) in [5.74, 6) is -9.15. The van der Waals surface area contributed by atoms with E-state index in [0.717, 1.165) is 13.0 Å². The van der Waals surface area contributed by atoms with Gasteiger partial charge in [-0.05, 0) is 6.42 Å². The Labute approximate surface area is 92.8 Å². The van der Waals surface area contributed by atoms with Gasteiger partial charge in [-0.15, -0.1) is 0 Å². The quantitative estimate of drug-likeness (QED) is 0.675. The molecule has 1 aliphatic carbocycles. The van der Waals surface area contributed by atoms with E-state index >= 15 is 0 Å². The first-order valence-corrected chi connectivity index (χ1v) is 4.69. The Hall–Kier alpha value is -1.01. The number of halogens is 7. The third-order valence-corrected chi connectivity index (χ3v) is 2.39. The van der Waals surface area contributed by atoms with Crippen molar-refractivity contribution >= 4 is 0 Å². The predicted octanol–water partition coefficient (Wildman–Crippen LogP) is 3.94. The molecule has 3 atom stereocenters. The Morgan fingerprint density at radius 3 is 2.47 bits per heavy atom. The molecule has 0 aromatic heterocycles. The van der Waals surface area contributed by atoms with E-state index in [0.29, 0.717) is 0 Å². The first-order valence-electron chi connectivity index (χ1n) is 4.69. The highest BCUT2D eigenvalue weighted by Crippen LogP contribution is 2.47. The lowest BCUT2D eigenvalue weighted by molar-refractivity contribution is -0.154. The van der Waals surface area contributed by atoms with Gasteiger partial charge < -0.3 is 0 Å². The highest BCUT2D eigenvalue weighted by atomic mass is 19.3. The van der Waals surface area contributed by atoms with Crippen LogP contribution in [0.1, 0.15) is 13.3 Å². The zero-order valence-electron chi connectivity index (χ0n) is 8.58. The Morgan fingerprint density at radius 2 is 2.00 bits per heavy atom. The minimum Gasteiger partial charge on any atom is -0.241 e. The Bertz CT molecular complexity index is 360. The summed E-state index contributed by atoms with van der Waals surface area (Å²) < 4.78 is 91.3. The van der Waals surface area contributed by atoms with Crippen LogP contribution in [0.2, 0.25) is 0 Å². The first-order chi connectivity index (χ1) is 7.66. The van der Waals surface area contributed by atoms with Crippen LogP contribution < -0.4 is 0 Å². The van der Waals surface area contributed by atoms with Gasteiger partial charge in [0.2, 0.25) is 5.67 Å². The number of allylic oxidation sites excluding steroid dienone is 4. The monoisotopic (exact) mass is 261 g/mol. The lowest BCUT2D eigenvalue weighted by Gasteiger charge is -2.33. The zero-order valence-corrected chi connectivity index (χ0v) is 8.58. The molecule has 0 amide bonds. The molecule has 17 heavy (non-hydrogen) atoms. The van der Waals surface area contributed by atoms with Crippen molar-refractivity contribution in [3.05, 3.63) is 23.8 Å². The second kappa shape index (κ2) is 4.34. The summed E-state index contributed by atoms with van der Waals surface area (Å²) in [5, 5.41) is 0. The van der Waals surface area contributed by atoms with Crippen molar-refractivity contribution in [3.8, 4) is 0 Å². The average Bonchev–Trinajstić information content (AvgIpc) is 2.25. The third-order valence-electron chi connectivity index (χ3n) is 2.39. The van der Waals surface area contributed by atoms with E-state index in [1.165, 1.54) is 0 Å². The lowest BCUT2D eigenvalue weighted by atomic mass is 9.87. The van der Waals surface area contributed by atoms with E-state index in [-0.39, 0.29) is 0 Å². The maximum atomic E-state index is 13.7. The van der Waals surface area contributed by atoms with Crippen LogP contribution in [0.15, 0.2) is 17.7 Å². The van der Waals surface area contributed by atoms with Gasteiger partial charge in [0.15, 0.2) is 18.2 Å². The van der Waals surface area contributed by atoms with Gasteiger partial charge >= 0.3 is 5.92 Å². The second-order valence-electron chi connectivity index (χ2n) is 3.56. The molecule has 0 saturated carbocycles. The average molecular weight is 261 g/mol. The van der Waals surface area contributed by atoms with Crippen molar-refractivity contribution in [2.45, 2.75) is 37.3 Å². The highest BCUT2D eigenvalue weighted by Gasteiger charge is 2.63. The molecule has 97 valence electrons. The molecule has 0 nitrogen and oxygen atoms in total. The summed E-state index contributed by atoms with van der Waals surface area (Å²) in [4.78, 5) is 0. The van der Waals surface area contributed by atoms with E-state index < -0.39 is 48.1 Å². The van der Waals surface area contributed by atoms with Crippen LogP contribution in [0.4, 0.5) is 30.7 Å². The molecular weight excluding hydrogens is 253 g/mol. The van der Waals surface area contributed by atoms with Gasteiger partial charge in [-0.2, -0.15) is 8.78 Å². The minimum atomic E-state index is -4.84. The van der Waals surface area contributed by atoms with Crippen LogP contribution in [0, 0.1) is 6.08 Å². The summed E-state index contributed by atoms with van der Waals surface area (Å²) in [6.45, 7) is 0.980. The molecule has 1 radical (unpaired) electrons. The third kappa shape index (κ3) is 2.07. The normalized spacial score (nSPS) is 31.9. The fraction of sp³-hybridized carbons (Fsp3) is 0.600. The molecule has 0 spiro atoms. The zero-order chi connectivity index (χ0) is 13.4. The summed E-state index contributed by atoms with van der Waals surface area (Å²) in [6.07, 6.45) is -6.24. The molecular formula is C10H8F7. The lowest BCUT2D eigenvalue weighted by Crippen LogP contribution is -2.51. The van der Waals surface area contributed by atoms with E-state index in [1.54, 1.807) is 0 Å². The van der Waals surface area contributed by atoms with Gasteiger partial charge in [-0.1, -0.05) is 6.92 Å². The van der Waals surface area contributed by atoms with E-state index in [2.05, 4.69) is 0 Å². The maximum absolute atomic E-state index is 13.7. The Balaban J connectivity index is 3.23. The standard InChI is InChI=1S/C10H8F7/c1-2-7(13)10(16,17)9(15)4-6(12)5(11)3-8(9)14/h4-5,7H,2H2,1H3. The molecule has 3 unspecified atom stereocenters. The molecule has 0 bridgehead atoms. The van der Waals surface area contributed by atoms with Crippen molar-refractivity contribution in [1.82, 2.24) is 0 Å². The van der Waals surface area contributed by atoms with Crippen LogP contribution in [0.5, 0.6) is 0 Å². The SMILES string of the molecule is CCC(F)C(F)(F)C1(F)C=C(F)C(F)[C]=C1F. The van der Waals surface area contributed by atoms with Crippen molar-refractivity contribution < 1.29 is 30.7 Å². The number of alkyl halides is 5. The Kier molecular flexibility index (Phi) is 3.59. The second-order valence-corrected chi connectivity index (χ2v) is 3.56. The Morgan fingerprint density at radius 1 is 1.47 bits per heavy atom. The van der Waals surface area contributed by atoms with Crippen LogP contribution in [-0.4, -0.2) is 23.9 Å². The molecule has 0 aromatic carbocycles. The van der Waals surface area contributed by atoms with Gasteiger partial charge in [0.05, 0.1) is 0 Å². The molecule has 0 fully saturated rings. The fourth-order valence-electron chi connectivity index (χ4n) is 1.34. The van der Waals surface area contributed by atoms with Crippen molar-refractivity contribution in [1.29, 1.82) is 0 Å². The topological polar surface area (TPSA) is 0 Å². The van der Waals surface area contributed by atoms with Gasteiger partial charge in [0.25, 0.3) is 0 Å². The van der Waals surface area contributed by atoms with E-state index in [1.807, 2.05) is 0 Å². The van der Waals surface area contributed by atoms with Crippen LogP contribution >= 0.6 is 0 Å². The molecule has 0 N–H and O–H groups in total. The molecule has 7 heteroatoms. The van der Waals surface area contributed by atoms with Crippen molar-refractivity contribution in [3.63, 3.8) is 0 Å². The molecule has 0 aliphatic heterocycles. The number of hydrogen-bond donors (Lipinski definition) is 0. The van der Waals surface area contributed by atoms with Crippen molar-refractivity contribution in [2.75, 3.05) is 0 Å².